The molecule has 2 aliphatic rings. The average Bonchev–Trinajstić information content (AvgIpc) is 2.94. The molecule has 25 heavy (non-hydrogen) atoms. The van der Waals surface area contributed by atoms with E-state index in [0.717, 1.165) is 52.2 Å². The van der Waals surface area contributed by atoms with Crippen molar-refractivity contribution in [3.05, 3.63) is 30.1 Å². The first-order chi connectivity index (χ1) is 12.1. The summed E-state index contributed by atoms with van der Waals surface area (Å²) >= 11 is 0. The molecule has 6 nitrogen and oxygen atoms in total. The van der Waals surface area contributed by atoms with Crippen molar-refractivity contribution in [2.75, 3.05) is 59.9 Å². The van der Waals surface area contributed by atoms with E-state index in [9.17, 15) is 4.79 Å². The van der Waals surface area contributed by atoms with Gasteiger partial charge in [-0.2, -0.15) is 0 Å². The Labute approximate surface area is 151 Å². The van der Waals surface area contributed by atoms with Crippen LogP contribution in [-0.2, 0) is 11.3 Å². The fourth-order valence-corrected chi connectivity index (χ4v) is 3.79. The van der Waals surface area contributed by atoms with Gasteiger partial charge in [-0.15, -0.1) is 0 Å². The lowest BCUT2D eigenvalue weighted by Gasteiger charge is -2.25. The number of hydrogen-bond acceptors (Lipinski definition) is 5. The summed E-state index contributed by atoms with van der Waals surface area (Å²) in [5.41, 5.74) is 1.29. The van der Waals surface area contributed by atoms with Crippen LogP contribution < -0.4 is 0 Å². The van der Waals surface area contributed by atoms with E-state index in [1.807, 2.05) is 12.4 Å². The zero-order valence-electron chi connectivity index (χ0n) is 15.6. The monoisotopic (exact) mass is 345 g/mol. The average molecular weight is 345 g/mol. The van der Waals surface area contributed by atoms with Gasteiger partial charge in [-0.25, -0.2) is 0 Å². The summed E-state index contributed by atoms with van der Waals surface area (Å²) in [5, 5.41) is 0. The van der Waals surface area contributed by atoms with E-state index >= 15 is 0 Å². The van der Waals surface area contributed by atoms with Crippen LogP contribution in [0, 0.1) is 0 Å². The maximum atomic E-state index is 12.7. The number of hydrogen-bond donors (Lipinski definition) is 0. The van der Waals surface area contributed by atoms with Crippen molar-refractivity contribution in [3.63, 3.8) is 0 Å². The molecule has 1 amide bonds. The minimum Gasteiger partial charge on any atom is -0.340 e. The van der Waals surface area contributed by atoms with Crippen molar-refractivity contribution in [1.82, 2.24) is 24.6 Å². The molecule has 1 atom stereocenters. The van der Waals surface area contributed by atoms with Crippen molar-refractivity contribution < 1.29 is 4.79 Å². The molecule has 0 bridgehead atoms. The minimum atomic E-state index is 0.296. The van der Waals surface area contributed by atoms with E-state index in [2.05, 4.69) is 50.8 Å². The Bertz CT molecular complexity index is 550. The normalized spacial score (nSPS) is 23.2. The number of carbonyl (C=O) groups is 1. The van der Waals surface area contributed by atoms with Crippen LogP contribution in [0.25, 0.3) is 0 Å². The molecule has 2 aliphatic heterocycles. The minimum absolute atomic E-state index is 0.296. The van der Waals surface area contributed by atoms with Crippen LogP contribution in [0.1, 0.15) is 18.4 Å². The van der Waals surface area contributed by atoms with Gasteiger partial charge in [0.1, 0.15) is 0 Å². The van der Waals surface area contributed by atoms with Crippen molar-refractivity contribution in [2.24, 2.45) is 0 Å². The second kappa shape index (κ2) is 8.74. The third-order valence-electron chi connectivity index (χ3n) is 5.43. The van der Waals surface area contributed by atoms with E-state index in [1.54, 1.807) is 0 Å². The molecule has 0 radical (unpaired) electrons. The van der Waals surface area contributed by atoms with Crippen LogP contribution in [0.5, 0.6) is 0 Å². The van der Waals surface area contributed by atoms with Gasteiger partial charge < -0.3 is 9.80 Å². The SMILES string of the molecule is CN(C)C1CCN(CC(=O)N2CCCN(Cc3ccncc3)CC2)C1. The first kappa shape index (κ1) is 18.3. The van der Waals surface area contributed by atoms with Gasteiger partial charge in [-0.3, -0.25) is 19.6 Å². The van der Waals surface area contributed by atoms with Gasteiger partial charge >= 0.3 is 0 Å². The lowest BCUT2D eigenvalue weighted by atomic mass is 10.2. The number of likely N-dealkylation sites (N-methyl/N-ethyl adjacent to an activating group) is 1. The topological polar surface area (TPSA) is 42.9 Å². The van der Waals surface area contributed by atoms with Crippen molar-refractivity contribution >= 4 is 5.91 Å². The summed E-state index contributed by atoms with van der Waals surface area (Å²) in [6, 6.07) is 4.73. The molecular formula is C19H31N5O. The molecule has 6 heteroatoms. The van der Waals surface area contributed by atoms with E-state index < -0.39 is 0 Å². The number of aromatic nitrogens is 1. The molecule has 3 rings (SSSR count). The smallest absolute Gasteiger partial charge is 0.236 e. The Balaban J connectivity index is 1.45. The summed E-state index contributed by atoms with van der Waals surface area (Å²) in [5.74, 6) is 0.296. The number of likely N-dealkylation sites (tertiary alicyclic amines) is 1. The highest BCUT2D eigenvalue weighted by molar-refractivity contribution is 5.78. The highest BCUT2D eigenvalue weighted by Crippen LogP contribution is 2.14. The van der Waals surface area contributed by atoms with Crippen molar-refractivity contribution in [3.8, 4) is 0 Å². The quantitative estimate of drug-likeness (QED) is 0.788. The molecule has 0 aromatic carbocycles. The lowest BCUT2D eigenvalue weighted by molar-refractivity contribution is -0.132. The molecule has 0 spiro atoms. The maximum absolute atomic E-state index is 12.7. The summed E-state index contributed by atoms with van der Waals surface area (Å²) < 4.78 is 0. The number of nitrogens with zero attached hydrogens (tertiary/aromatic N) is 5. The number of carbonyl (C=O) groups excluding carboxylic acids is 1. The molecule has 1 unspecified atom stereocenters. The van der Waals surface area contributed by atoms with E-state index in [0.29, 0.717) is 18.5 Å². The third-order valence-corrected chi connectivity index (χ3v) is 5.43. The maximum Gasteiger partial charge on any atom is 0.236 e. The largest absolute Gasteiger partial charge is 0.340 e. The van der Waals surface area contributed by atoms with E-state index in [1.165, 1.54) is 12.0 Å². The van der Waals surface area contributed by atoms with Gasteiger partial charge in [0, 0.05) is 64.2 Å². The van der Waals surface area contributed by atoms with Gasteiger partial charge in [0.15, 0.2) is 0 Å². The standard InChI is InChI=1S/C19H31N5O/c1-21(2)18-6-11-23(15-18)16-19(25)24-10-3-9-22(12-13-24)14-17-4-7-20-8-5-17/h4-5,7-8,18H,3,6,9-16H2,1-2H3. The van der Waals surface area contributed by atoms with Crippen LogP contribution in [0.15, 0.2) is 24.5 Å². The molecule has 2 saturated heterocycles. The van der Waals surface area contributed by atoms with Gasteiger partial charge in [0.25, 0.3) is 0 Å². The predicted molar refractivity (Wildman–Crippen MR) is 99.2 cm³/mol. The van der Waals surface area contributed by atoms with Crippen LogP contribution in [-0.4, -0.2) is 96.4 Å². The number of amides is 1. The van der Waals surface area contributed by atoms with Gasteiger partial charge in [-0.05, 0) is 44.6 Å². The molecule has 2 fully saturated rings. The zero-order valence-corrected chi connectivity index (χ0v) is 15.6. The van der Waals surface area contributed by atoms with Gasteiger partial charge in [0.2, 0.25) is 5.91 Å². The second-order valence-corrected chi connectivity index (χ2v) is 7.51. The van der Waals surface area contributed by atoms with E-state index in [-0.39, 0.29) is 0 Å². The fraction of sp³-hybridized carbons (Fsp3) is 0.684. The predicted octanol–water partition coefficient (Wildman–Crippen LogP) is 0.752. The Hall–Kier alpha value is -1.50. The highest BCUT2D eigenvalue weighted by Gasteiger charge is 2.27. The third kappa shape index (κ3) is 5.23. The van der Waals surface area contributed by atoms with Crippen molar-refractivity contribution in [2.45, 2.75) is 25.4 Å². The zero-order chi connectivity index (χ0) is 17.6. The first-order valence-corrected chi connectivity index (χ1v) is 9.39. The fourth-order valence-electron chi connectivity index (χ4n) is 3.79. The molecule has 1 aromatic heterocycles. The van der Waals surface area contributed by atoms with E-state index in [4.69, 9.17) is 0 Å². The Kier molecular flexibility index (Phi) is 6.39. The second-order valence-electron chi connectivity index (χ2n) is 7.51. The Morgan fingerprint density at radius 1 is 1.12 bits per heavy atom. The van der Waals surface area contributed by atoms with Crippen LogP contribution in [0.4, 0.5) is 0 Å². The van der Waals surface area contributed by atoms with Gasteiger partial charge in [-0.1, -0.05) is 0 Å². The molecule has 0 N–H and O–H groups in total. The molecule has 1 aromatic rings. The van der Waals surface area contributed by atoms with Crippen molar-refractivity contribution in [1.29, 1.82) is 0 Å². The number of pyridine rings is 1. The van der Waals surface area contributed by atoms with Crippen LogP contribution in [0.2, 0.25) is 0 Å². The summed E-state index contributed by atoms with van der Waals surface area (Å²) in [6.45, 7) is 7.31. The molecule has 3 heterocycles. The highest BCUT2D eigenvalue weighted by atomic mass is 16.2. The van der Waals surface area contributed by atoms with Crippen LogP contribution in [0.3, 0.4) is 0 Å². The molecular weight excluding hydrogens is 314 g/mol. The summed E-state index contributed by atoms with van der Waals surface area (Å²) in [7, 11) is 4.25. The lowest BCUT2D eigenvalue weighted by Crippen LogP contribution is -2.42. The molecule has 0 saturated carbocycles. The summed E-state index contributed by atoms with van der Waals surface area (Å²) in [6.07, 6.45) is 5.91. The number of rotatable bonds is 5. The Morgan fingerprint density at radius 2 is 1.92 bits per heavy atom. The summed E-state index contributed by atoms with van der Waals surface area (Å²) in [4.78, 5) is 25.9. The molecule has 138 valence electrons. The van der Waals surface area contributed by atoms with Gasteiger partial charge in [0.05, 0.1) is 6.54 Å². The molecule has 0 aliphatic carbocycles. The Morgan fingerprint density at radius 3 is 2.64 bits per heavy atom. The van der Waals surface area contributed by atoms with Crippen LogP contribution >= 0.6 is 0 Å². The first-order valence-electron chi connectivity index (χ1n) is 9.39.